The molecule has 7 heteroatoms. The molecule has 0 N–H and O–H groups in total. The maximum atomic E-state index is 13.7. The Morgan fingerprint density at radius 1 is 1.32 bits per heavy atom. The number of allylic oxidation sites excluding steroid dienone is 1. The summed E-state index contributed by atoms with van der Waals surface area (Å²) in [5.74, 6) is -1.02. The molecule has 0 saturated carbocycles. The van der Waals surface area contributed by atoms with Crippen LogP contribution in [-0.2, 0) is 13.2 Å². The highest BCUT2D eigenvalue weighted by molar-refractivity contribution is 9.10. The first-order valence-electron chi connectivity index (χ1n) is 7.62. The molecule has 0 unspecified atom stereocenters. The molecule has 0 saturated heterocycles. The molecule has 4 nitrogen and oxygen atoms in total. The predicted molar refractivity (Wildman–Crippen MR) is 95.3 cm³/mol. The van der Waals surface area contributed by atoms with Crippen molar-refractivity contribution in [1.82, 2.24) is 4.57 Å². The molecule has 2 heterocycles. The summed E-state index contributed by atoms with van der Waals surface area (Å²) < 4.78 is 34.0. The molecule has 25 heavy (non-hydrogen) atoms. The van der Waals surface area contributed by atoms with E-state index in [4.69, 9.17) is 4.74 Å². The van der Waals surface area contributed by atoms with Crippen molar-refractivity contribution in [2.75, 3.05) is 6.54 Å². The predicted octanol–water partition coefficient (Wildman–Crippen LogP) is 3.79. The van der Waals surface area contributed by atoms with Crippen molar-refractivity contribution in [1.29, 1.82) is 0 Å². The first-order chi connectivity index (χ1) is 12.0. The lowest BCUT2D eigenvalue weighted by atomic mass is 10.2. The van der Waals surface area contributed by atoms with E-state index in [1.54, 1.807) is 17.6 Å². The number of aryl methyl sites for hydroxylation is 1. The van der Waals surface area contributed by atoms with Crippen molar-refractivity contribution in [2.24, 2.45) is 4.99 Å². The SMILES string of the molecule is Cc1cc(OCc2ccc(F)cc2F)c(Br)c(=O)n1CC1=NCC=C1. The van der Waals surface area contributed by atoms with E-state index in [0.29, 0.717) is 24.5 Å². The van der Waals surface area contributed by atoms with Gasteiger partial charge in [0, 0.05) is 23.4 Å². The molecule has 0 aliphatic carbocycles. The van der Waals surface area contributed by atoms with E-state index in [9.17, 15) is 13.6 Å². The van der Waals surface area contributed by atoms with Gasteiger partial charge < -0.3 is 9.30 Å². The number of rotatable bonds is 5. The van der Waals surface area contributed by atoms with Gasteiger partial charge in [-0.3, -0.25) is 9.79 Å². The van der Waals surface area contributed by atoms with E-state index in [0.717, 1.165) is 17.8 Å². The molecule has 1 aromatic carbocycles. The molecular formula is C18H15BrF2N2O2. The molecule has 0 atom stereocenters. The van der Waals surface area contributed by atoms with Gasteiger partial charge in [-0.2, -0.15) is 0 Å². The molecular weight excluding hydrogens is 394 g/mol. The van der Waals surface area contributed by atoms with Crippen LogP contribution in [-0.4, -0.2) is 16.8 Å². The highest BCUT2D eigenvalue weighted by Crippen LogP contribution is 2.24. The van der Waals surface area contributed by atoms with E-state index in [-0.39, 0.29) is 22.2 Å². The standard InChI is InChI=1S/C18H15BrF2N2O2/c1-11-7-16(25-10-12-4-5-13(20)8-15(12)21)17(19)18(24)23(11)9-14-3-2-6-22-14/h2-5,7-8H,6,9-10H2,1H3. The zero-order valence-corrected chi connectivity index (χ0v) is 15.0. The van der Waals surface area contributed by atoms with Gasteiger partial charge in [0.1, 0.15) is 28.5 Å². The lowest BCUT2D eigenvalue weighted by molar-refractivity contribution is 0.296. The Morgan fingerprint density at radius 2 is 2.12 bits per heavy atom. The fourth-order valence-electron chi connectivity index (χ4n) is 2.49. The molecule has 1 aromatic heterocycles. The van der Waals surface area contributed by atoms with Crippen molar-refractivity contribution < 1.29 is 13.5 Å². The maximum Gasteiger partial charge on any atom is 0.269 e. The summed E-state index contributed by atoms with van der Waals surface area (Å²) in [7, 11) is 0. The van der Waals surface area contributed by atoms with Gasteiger partial charge in [0.25, 0.3) is 5.56 Å². The van der Waals surface area contributed by atoms with Crippen LogP contribution in [0.1, 0.15) is 11.3 Å². The Bertz CT molecular complexity index is 935. The third kappa shape index (κ3) is 3.87. The highest BCUT2D eigenvalue weighted by atomic mass is 79.9. The smallest absolute Gasteiger partial charge is 0.269 e. The fraction of sp³-hybridized carbons (Fsp3) is 0.222. The number of pyridine rings is 1. The van der Waals surface area contributed by atoms with Crippen LogP contribution in [0.25, 0.3) is 0 Å². The average molecular weight is 409 g/mol. The van der Waals surface area contributed by atoms with Crippen LogP contribution in [0.15, 0.2) is 50.7 Å². The van der Waals surface area contributed by atoms with Crippen LogP contribution in [0.4, 0.5) is 8.78 Å². The second-order valence-electron chi connectivity index (χ2n) is 5.61. The summed E-state index contributed by atoms with van der Waals surface area (Å²) in [6.45, 7) is 2.70. The van der Waals surface area contributed by atoms with E-state index < -0.39 is 11.6 Å². The van der Waals surface area contributed by atoms with Gasteiger partial charge in [0.15, 0.2) is 0 Å². The molecule has 0 bridgehead atoms. The quantitative estimate of drug-likeness (QED) is 0.755. The zero-order valence-electron chi connectivity index (χ0n) is 13.4. The summed E-state index contributed by atoms with van der Waals surface area (Å²) in [6, 6.07) is 4.98. The Labute approximate surface area is 151 Å². The molecule has 1 aliphatic heterocycles. The zero-order chi connectivity index (χ0) is 18.0. The number of hydrogen-bond acceptors (Lipinski definition) is 3. The summed E-state index contributed by atoms with van der Waals surface area (Å²) >= 11 is 3.25. The topological polar surface area (TPSA) is 43.6 Å². The van der Waals surface area contributed by atoms with Crippen LogP contribution in [0.5, 0.6) is 5.75 Å². The van der Waals surface area contributed by atoms with Crippen LogP contribution >= 0.6 is 15.9 Å². The van der Waals surface area contributed by atoms with Gasteiger partial charge in [0.05, 0.1) is 18.8 Å². The molecule has 0 amide bonds. The number of benzene rings is 1. The second kappa shape index (κ2) is 7.31. The van der Waals surface area contributed by atoms with Crippen LogP contribution in [0.2, 0.25) is 0 Å². The maximum absolute atomic E-state index is 13.7. The summed E-state index contributed by atoms with van der Waals surface area (Å²) in [4.78, 5) is 16.8. The van der Waals surface area contributed by atoms with Crippen LogP contribution in [0.3, 0.4) is 0 Å². The molecule has 0 radical (unpaired) electrons. The Hall–Kier alpha value is -2.28. The number of aromatic nitrogens is 1. The Morgan fingerprint density at radius 3 is 2.80 bits per heavy atom. The third-order valence-electron chi connectivity index (χ3n) is 3.84. The fourth-order valence-corrected chi connectivity index (χ4v) is 2.93. The number of aliphatic imine (C=N–C) groups is 1. The minimum atomic E-state index is -0.688. The van der Waals surface area contributed by atoms with Gasteiger partial charge in [-0.1, -0.05) is 6.08 Å². The molecule has 3 rings (SSSR count). The monoisotopic (exact) mass is 408 g/mol. The lowest BCUT2D eigenvalue weighted by Gasteiger charge is -2.14. The van der Waals surface area contributed by atoms with E-state index in [1.807, 2.05) is 12.2 Å². The minimum absolute atomic E-state index is 0.108. The molecule has 1 aliphatic rings. The minimum Gasteiger partial charge on any atom is -0.487 e. The van der Waals surface area contributed by atoms with Crippen molar-refractivity contribution in [3.63, 3.8) is 0 Å². The molecule has 0 spiro atoms. The summed E-state index contributed by atoms with van der Waals surface area (Å²) in [5, 5.41) is 0. The first-order valence-corrected chi connectivity index (χ1v) is 8.41. The van der Waals surface area contributed by atoms with Gasteiger partial charge in [-0.15, -0.1) is 0 Å². The highest BCUT2D eigenvalue weighted by Gasteiger charge is 2.14. The number of ether oxygens (including phenoxy) is 1. The van der Waals surface area contributed by atoms with E-state index >= 15 is 0 Å². The number of hydrogen-bond donors (Lipinski definition) is 0. The number of halogens is 3. The first kappa shape index (κ1) is 17.5. The number of nitrogens with zero attached hydrogens (tertiary/aromatic N) is 2. The van der Waals surface area contributed by atoms with Gasteiger partial charge in [-0.05, 0) is 41.1 Å². The average Bonchev–Trinajstić information content (AvgIpc) is 3.08. The lowest BCUT2D eigenvalue weighted by Crippen LogP contribution is -2.26. The second-order valence-corrected chi connectivity index (χ2v) is 6.41. The van der Waals surface area contributed by atoms with Crippen molar-refractivity contribution >= 4 is 21.6 Å². The summed E-state index contributed by atoms with van der Waals surface area (Å²) in [6.07, 6.45) is 3.82. The normalized spacial score (nSPS) is 13.2. The molecule has 130 valence electrons. The van der Waals surface area contributed by atoms with Crippen molar-refractivity contribution in [3.05, 3.63) is 74.1 Å². The van der Waals surface area contributed by atoms with Crippen LogP contribution in [0, 0.1) is 18.6 Å². The van der Waals surface area contributed by atoms with Crippen molar-refractivity contribution in [3.8, 4) is 5.75 Å². The van der Waals surface area contributed by atoms with Crippen molar-refractivity contribution in [2.45, 2.75) is 20.1 Å². The molecule has 0 fully saturated rings. The molecule has 2 aromatic rings. The van der Waals surface area contributed by atoms with E-state index in [1.165, 1.54) is 6.07 Å². The Balaban J connectivity index is 1.82. The third-order valence-corrected chi connectivity index (χ3v) is 4.57. The van der Waals surface area contributed by atoms with Gasteiger partial charge >= 0.3 is 0 Å². The van der Waals surface area contributed by atoms with E-state index in [2.05, 4.69) is 20.9 Å². The summed E-state index contributed by atoms with van der Waals surface area (Å²) in [5.41, 5.74) is 1.49. The Kier molecular flexibility index (Phi) is 5.13. The van der Waals surface area contributed by atoms with Gasteiger partial charge in [0.2, 0.25) is 0 Å². The van der Waals surface area contributed by atoms with Gasteiger partial charge in [-0.25, -0.2) is 8.78 Å². The largest absolute Gasteiger partial charge is 0.487 e. The van der Waals surface area contributed by atoms with Crippen LogP contribution < -0.4 is 10.3 Å².